The Morgan fingerprint density at radius 3 is 2.44 bits per heavy atom. The van der Waals surface area contributed by atoms with Crippen molar-refractivity contribution in [3.63, 3.8) is 0 Å². The number of thiophene rings is 1. The minimum Gasteiger partial charge on any atom is -0.449 e. The van der Waals surface area contributed by atoms with Gasteiger partial charge in [0.2, 0.25) is 5.76 Å². The summed E-state index contributed by atoms with van der Waals surface area (Å²) < 4.78 is 41.1. The summed E-state index contributed by atoms with van der Waals surface area (Å²) in [6, 6.07) is 9.81. The number of hydrogen-bond acceptors (Lipinski definition) is 7. The maximum absolute atomic E-state index is 12.4. The average molecular weight is 404 g/mol. The van der Waals surface area contributed by atoms with Crippen LogP contribution in [0.4, 0.5) is 0 Å². The van der Waals surface area contributed by atoms with Gasteiger partial charge in [0.15, 0.2) is 9.84 Å². The van der Waals surface area contributed by atoms with Crippen LogP contribution >= 0.6 is 11.3 Å². The smallest absolute Gasteiger partial charge is 0.375 e. The molecule has 140 valence electrons. The SMILES string of the molecule is CC1(C)OC(=O)C(Oc2cc3sccc3o2)=C1c1ccc(S(C)(=O)=O)cc1. The third-order valence-electron chi connectivity index (χ3n) is 4.25. The van der Waals surface area contributed by atoms with Gasteiger partial charge in [-0.1, -0.05) is 12.1 Å². The fourth-order valence-corrected chi connectivity index (χ4v) is 4.40. The maximum Gasteiger partial charge on any atom is 0.375 e. The molecule has 0 radical (unpaired) electrons. The zero-order chi connectivity index (χ0) is 19.4. The lowest BCUT2D eigenvalue weighted by Crippen LogP contribution is -2.22. The van der Waals surface area contributed by atoms with E-state index in [4.69, 9.17) is 13.9 Å². The zero-order valence-corrected chi connectivity index (χ0v) is 16.4. The van der Waals surface area contributed by atoms with Crippen LogP contribution in [0.25, 0.3) is 15.9 Å². The van der Waals surface area contributed by atoms with Crippen LogP contribution in [0.5, 0.6) is 5.95 Å². The highest BCUT2D eigenvalue weighted by Gasteiger charge is 2.43. The van der Waals surface area contributed by atoms with Gasteiger partial charge in [0, 0.05) is 12.3 Å². The lowest BCUT2D eigenvalue weighted by Gasteiger charge is -2.21. The van der Waals surface area contributed by atoms with E-state index in [1.54, 1.807) is 32.0 Å². The van der Waals surface area contributed by atoms with E-state index in [2.05, 4.69) is 0 Å². The van der Waals surface area contributed by atoms with E-state index in [1.165, 1.54) is 23.5 Å². The first-order valence-corrected chi connectivity index (χ1v) is 10.9. The Morgan fingerprint density at radius 1 is 1.11 bits per heavy atom. The van der Waals surface area contributed by atoms with Gasteiger partial charge < -0.3 is 13.9 Å². The normalized spacial score (nSPS) is 16.8. The van der Waals surface area contributed by atoms with E-state index < -0.39 is 21.4 Å². The molecule has 0 saturated heterocycles. The molecule has 4 rings (SSSR count). The van der Waals surface area contributed by atoms with Crippen LogP contribution < -0.4 is 4.74 Å². The molecule has 1 aromatic carbocycles. The highest BCUT2D eigenvalue weighted by atomic mass is 32.2. The third kappa shape index (κ3) is 3.15. The first kappa shape index (κ1) is 17.8. The summed E-state index contributed by atoms with van der Waals surface area (Å²) in [7, 11) is -3.31. The van der Waals surface area contributed by atoms with Crippen molar-refractivity contribution < 1.29 is 27.1 Å². The van der Waals surface area contributed by atoms with Gasteiger partial charge in [-0.2, -0.15) is 0 Å². The molecule has 0 unspecified atom stereocenters. The van der Waals surface area contributed by atoms with Gasteiger partial charge in [-0.05, 0) is 43.0 Å². The molecular weight excluding hydrogens is 388 g/mol. The van der Waals surface area contributed by atoms with E-state index in [-0.39, 0.29) is 16.6 Å². The van der Waals surface area contributed by atoms with E-state index in [1.807, 2.05) is 11.4 Å². The number of furan rings is 1. The highest BCUT2D eigenvalue weighted by molar-refractivity contribution is 7.90. The summed E-state index contributed by atoms with van der Waals surface area (Å²) in [6.07, 6.45) is 1.14. The van der Waals surface area contributed by atoms with Gasteiger partial charge >= 0.3 is 5.97 Å². The molecule has 2 aromatic heterocycles. The van der Waals surface area contributed by atoms with Crippen molar-refractivity contribution in [3.05, 3.63) is 53.1 Å². The summed E-state index contributed by atoms with van der Waals surface area (Å²) in [5.74, 6) is -0.359. The second kappa shape index (κ2) is 5.97. The Balaban J connectivity index is 1.79. The quantitative estimate of drug-likeness (QED) is 0.611. The van der Waals surface area contributed by atoms with Crippen LogP contribution in [0.15, 0.2) is 56.9 Å². The fraction of sp³-hybridized carbons (Fsp3) is 0.211. The van der Waals surface area contributed by atoms with Gasteiger partial charge in [-0.3, -0.25) is 0 Å². The number of cyclic esters (lactones) is 1. The number of esters is 1. The number of carbonyl (C=O) groups is 1. The Hall–Kier alpha value is -2.58. The van der Waals surface area contributed by atoms with Crippen LogP contribution in [0.1, 0.15) is 19.4 Å². The van der Waals surface area contributed by atoms with Crippen LogP contribution in [-0.4, -0.2) is 26.2 Å². The molecule has 0 saturated carbocycles. The molecule has 0 fully saturated rings. The number of fused-ring (bicyclic) bond motifs is 1. The summed E-state index contributed by atoms with van der Waals surface area (Å²) >= 11 is 1.50. The van der Waals surface area contributed by atoms with Crippen LogP contribution in [0.3, 0.4) is 0 Å². The second-order valence-corrected chi connectivity index (χ2v) is 9.68. The van der Waals surface area contributed by atoms with E-state index >= 15 is 0 Å². The molecule has 8 heteroatoms. The molecule has 27 heavy (non-hydrogen) atoms. The number of ether oxygens (including phenoxy) is 2. The van der Waals surface area contributed by atoms with E-state index in [9.17, 15) is 13.2 Å². The number of rotatable bonds is 4. The molecule has 3 aromatic rings. The number of hydrogen-bond donors (Lipinski definition) is 0. The van der Waals surface area contributed by atoms with Crippen molar-refractivity contribution >= 4 is 43.0 Å². The van der Waals surface area contributed by atoms with Gasteiger partial charge in [0.25, 0.3) is 5.95 Å². The van der Waals surface area contributed by atoms with Crippen LogP contribution in [0, 0.1) is 0 Å². The van der Waals surface area contributed by atoms with Gasteiger partial charge in [0.05, 0.1) is 15.2 Å². The monoisotopic (exact) mass is 404 g/mol. The molecule has 0 aliphatic carbocycles. The third-order valence-corrected chi connectivity index (χ3v) is 6.23. The summed E-state index contributed by atoms with van der Waals surface area (Å²) in [5, 5.41) is 1.90. The Labute approximate surface area is 159 Å². The molecule has 1 aliphatic rings. The van der Waals surface area contributed by atoms with E-state index in [0.717, 1.165) is 11.0 Å². The number of carbonyl (C=O) groups excluding carboxylic acids is 1. The van der Waals surface area contributed by atoms with Gasteiger partial charge in [-0.25, -0.2) is 13.2 Å². The second-order valence-electron chi connectivity index (χ2n) is 6.72. The lowest BCUT2D eigenvalue weighted by molar-refractivity contribution is -0.145. The van der Waals surface area contributed by atoms with Crippen LogP contribution in [-0.2, 0) is 19.4 Å². The average Bonchev–Trinajstić information content (AvgIpc) is 3.19. The predicted octanol–water partition coefficient (Wildman–Crippen LogP) is 4.02. The van der Waals surface area contributed by atoms with Crippen molar-refractivity contribution in [1.82, 2.24) is 0 Å². The minimum atomic E-state index is -3.31. The van der Waals surface area contributed by atoms with Gasteiger partial charge in [-0.15, -0.1) is 11.3 Å². The molecule has 0 atom stereocenters. The predicted molar refractivity (Wildman–Crippen MR) is 101 cm³/mol. The maximum atomic E-state index is 12.4. The first-order chi connectivity index (χ1) is 12.6. The summed E-state index contributed by atoms with van der Waals surface area (Å²) in [6.45, 7) is 3.50. The molecule has 0 amide bonds. The molecule has 1 aliphatic heterocycles. The van der Waals surface area contributed by atoms with Crippen molar-refractivity contribution in [2.75, 3.05) is 6.26 Å². The lowest BCUT2D eigenvalue weighted by atomic mass is 9.92. The van der Waals surface area contributed by atoms with Crippen molar-refractivity contribution in [1.29, 1.82) is 0 Å². The van der Waals surface area contributed by atoms with Gasteiger partial charge in [0.1, 0.15) is 11.2 Å². The standard InChI is InChI=1S/C19H16O6S2/c1-19(2)16(11-4-6-12(7-5-11)27(3,21)22)17(18(20)25-19)24-15-10-14-13(23-15)8-9-26-14/h4-10H,1-3H3. The van der Waals surface area contributed by atoms with Crippen molar-refractivity contribution in [2.24, 2.45) is 0 Å². The Kier molecular flexibility index (Phi) is 3.94. The largest absolute Gasteiger partial charge is 0.449 e. The molecule has 0 spiro atoms. The molecule has 0 N–H and O–H groups in total. The molecule has 0 bridgehead atoms. The fourth-order valence-electron chi connectivity index (χ4n) is 3.04. The Morgan fingerprint density at radius 2 is 1.81 bits per heavy atom. The topological polar surface area (TPSA) is 82.8 Å². The van der Waals surface area contributed by atoms with Crippen LogP contribution in [0.2, 0.25) is 0 Å². The van der Waals surface area contributed by atoms with Crippen molar-refractivity contribution in [2.45, 2.75) is 24.3 Å². The van der Waals surface area contributed by atoms with E-state index in [0.29, 0.717) is 16.7 Å². The summed E-state index contributed by atoms with van der Waals surface area (Å²) in [5.41, 5.74) is 0.928. The molecular formula is C19H16O6S2. The first-order valence-electron chi connectivity index (χ1n) is 8.09. The Bertz CT molecular complexity index is 1150. The molecule has 6 nitrogen and oxygen atoms in total. The molecule has 3 heterocycles. The highest BCUT2D eigenvalue weighted by Crippen LogP contribution is 2.41. The zero-order valence-electron chi connectivity index (χ0n) is 14.8. The van der Waals surface area contributed by atoms with Crippen molar-refractivity contribution in [3.8, 4) is 5.95 Å². The summed E-state index contributed by atoms with van der Waals surface area (Å²) in [4.78, 5) is 12.6. The number of sulfone groups is 1. The number of benzene rings is 1. The minimum absolute atomic E-state index is 0.0357.